The van der Waals surface area contributed by atoms with E-state index in [-0.39, 0.29) is 0 Å². The number of halogens is 1. The van der Waals surface area contributed by atoms with E-state index in [2.05, 4.69) is 158 Å². The van der Waals surface area contributed by atoms with Crippen molar-refractivity contribution in [3.05, 3.63) is 153 Å². The van der Waals surface area contributed by atoms with Crippen LogP contribution in [0.3, 0.4) is 0 Å². The van der Waals surface area contributed by atoms with Crippen molar-refractivity contribution in [3.8, 4) is 0 Å². The van der Waals surface area contributed by atoms with E-state index < -0.39 is 7.14 Å². The molecule has 3 aliphatic rings. The lowest BCUT2D eigenvalue weighted by atomic mass is 9.97. The maximum atomic E-state index is 15.8. The Morgan fingerprint density at radius 3 is 2.50 bits per heavy atom. The Labute approximate surface area is 273 Å². The smallest absolute Gasteiger partial charge is 0.177 e. The van der Waals surface area contributed by atoms with Gasteiger partial charge in [-0.1, -0.05) is 120 Å². The normalized spacial score (nSPS) is 21.3. The second kappa shape index (κ2) is 12.8. The summed E-state index contributed by atoms with van der Waals surface area (Å²) in [7, 11) is -3.14. The number of nitrogens with zero attached hydrogens (tertiary/aromatic N) is 1. The van der Waals surface area contributed by atoms with Gasteiger partial charge in [-0.15, -0.1) is 0 Å². The summed E-state index contributed by atoms with van der Waals surface area (Å²) in [5.74, 6) is 0. The molecule has 0 saturated carbocycles. The molecule has 7 rings (SSSR count). The van der Waals surface area contributed by atoms with E-state index in [1.807, 2.05) is 6.07 Å². The molecule has 0 bridgehead atoms. The van der Waals surface area contributed by atoms with Crippen LogP contribution in [0, 0.1) is 0 Å². The Morgan fingerprint density at radius 1 is 0.886 bits per heavy atom. The van der Waals surface area contributed by atoms with Crippen LogP contribution in [-0.4, -0.2) is 23.9 Å². The number of rotatable bonds is 7. The van der Waals surface area contributed by atoms with Crippen LogP contribution in [0.4, 0.5) is 0 Å². The zero-order valence-electron chi connectivity index (χ0n) is 24.7. The fraction of sp³-hybridized carbons (Fsp3) is 0.154. The minimum Gasteiger partial charge on any atom is -0.316 e. The van der Waals surface area contributed by atoms with Crippen molar-refractivity contribution < 1.29 is 14.5 Å². The number of nitrogens with two attached hydrogens (primary N) is 1. The summed E-state index contributed by atoms with van der Waals surface area (Å²) in [6.07, 6.45) is 16.6. The topological polar surface area (TPSA) is 36.7 Å². The van der Waals surface area contributed by atoms with Gasteiger partial charge in [-0.05, 0) is 62.1 Å². The highest BCUT2D eigenvalue weighted by Gasteiger charge is 2.44. The van der Waals surface area contributed by atoms with Crippen molar-refractivity contribution in [1.82, 2.24) is 0 Å². The summed E-state index contributed by atoms with van der Waals surface area (Å²) in [6, 6.07) is 31.8. The van der Waals surface area contributed by atoms with E-state index in [0.717, 1.165) is 76.7 Å². The van der Waals surface area contributed by atoms with Gasteiger partial charge in [-0.3, -0.25) is 0 Å². The fourth-order valence-corrected chi connectivity index (χ4v) is 10.6. The van der Waals surface area contributed by atoms with Crippen molar-refractivity contribution in [1.29, 1.82) is 0 Å². The van der Waals surface area contributed by atoms with Crippen LogP contribution >= 0.6 is 29.7 Å². The van der Waals surface area contributed by atoms with Crippen molar-refractivity contribution in [2.45, 2.75) is 25.8 Å². The summed E-state index contributed by atoms with van der Waals surface area (Å²) in [4.78, 5) is 0. The highest BCUT2D eigenvalue weighted by molar-refractivity contribution is 14.1. The van der Waals surface area contributed by atoms with Gasteiger partial charge in [-0.2, -0.15) is 0 Å². The predicted octanol–water partition coefficient (Wildman–Crippen LogP) is 7.70. The van der Waals surface area contributed by atoms with Gasteiger partial charge in [0.1, 0.15) is 19.3 Å². The molecule has 1 unspecified atom stereocenters. The molecule has 218 valence electrons. The molecule has 0 saturated heterocycles. The first-order valence-electron chi connectivity index (χ1n) is 15.4. The van der Waals surface area contributed by atoms with Crippen molar-refractivity contribution >= 4 is 68.5 Å². The molecule has 0 spiro atoms. The zero-order valence-corrected chi connectivity index (χ0v) is 27.8. The molecule has 0 aromatic heterocycles. The van der Waals surface area contributed by atoms with Crippen LogP contribution in [-0.2, 0) is 11.1 Å². The van der Waals surface area contributed by atoms with Gasteiger partial charge >= 0.3 is 0 Å². The third-order valence-electron chi connectivity index (χ3n) is 8.95. The second-order valence-electron chi connectivity index (χ2n) is 11.7. The number of hydrogen-bond donors (Lipinski definition) is 1. The molecular formula is C39H36IN2OP+2. The molecule has 2 heterocycles. The van der Waals surface area contributed by atoms with E-state index in [4.69, 9.17) is 0 Å². The number of fused-ring (bicyclic) bond motifs is 2. The van der Waals surface area contributed by atoms with Crippen LogP contribution < -0.4 is 15.9 Å². The molecule has 2 N–H and O–H groups in total. The maximum absolute atomic E-state index is 15.8. The minimum atomic E-state index is -3.14. The Bertz CT molecular complexity index is 1980. The first-order chi connectivity index (χ1) is 21.6. The number of allylic oxidation sites excluding steroid dienone is 6. The minimum absolute atomic E-state index is 0.796. The summed E-state index contributed by atoms with van der Waals surface area (Å²) in [6.45, 7) is 2.78. The Hall–Kier alpha value is -3.57. The highest BCUT2D eigenvalue weighted by Crippen LogP contribution is 2.63. The molecule has 4 aromatic rings. The Balaban J connectivity index is 1.29. The number of benzene rings is 4. The van der Waals surface area contributed by atoms with Crippen LogP contribution in [0.1, 0.15) is 36.0 Å². The van der Waals surface area contributed by atoms with Gasteiger partial charge in [0.15, 0.2) is 19.9 Å². The average Bonchev–Trinajstić information content (AvgIpc) is 3.33. The standard InChI is InChI=1S/C39H35IN2OP/c40-25-37-36-18-16-34(32-19-21-42(22-20-32)28-30-11-5-2-6-12-30)24-38(36)44(43,35-17-15-31-13-7-8-14-33(31)23-35)39(37)27-41-26-29-9-3-1-4-10-29/h1-5,7-11,13-19,21,23-25,27,41H,6,12,20,22,26,28H2/q+1/p+1. The van der Waals surface area contributed by atoms with Crippen LogP contribution in [0.15, 0.2) is 136 Å². The molecule has 0 amide bonds. The van der Waals surface area contributed by atoms with Gasteiger partial charge in [0, 0.05) is 34.2 Å². The molecule has 44 heavy (non-hydrogen) atoms. The first-order valence-corrected chi connectivity index (χ1v) is 18.3. The monoisotopic (exact) mass is 706 g/mol. The summed E-state index contributed by atoms with van der Waals surface area (Å²) in [5, 5.41) is 7.23. The van der Waals surface area contributed by atoms with Gasteiger partial charge in [0.2, 0.25) is 0 Å². The Morgan fingerprint density at radius 2 is 1.73 bits per heavy atom. The van der Waals surface area contributed by atoms with Crippen molar-refractivity contribution in [2.24, 2.45) is 0 Å². The Kier molecular flexibility index (Phi) is 8.49. The average molecular weight is 707 g/mol. The van der Waals surface area contributed by atoms with E-state index in [0.29, 0.717) is 0 Å². The quantitative estimate of drug-likeness (QED) is 0.120. The van der Waals surface area contributed by atoms with Crippen LogP contribution in [0.2, 0.25) is 0 Å². The maximum Gasteiger partial charge on any atom is 0.177 e. The van der Waals surface area contributed by atoms with Gasteiger partial charge in [-0.25, -0.2) is 4.58 Å². The van der Waals surface area contributed by atoms with E-state index in [9.17, 15) is 0 Å². The molecule has 0 fully saturated rings. The summed E-state index contributed by atoms with van der Waals surface area (Å²) >= 11 is 2.32. The first kappa shape index (κ1) is 29.2. The molecule has 0 radical (unpaired) electrons. The second-order valence-corrected chi connectivity index (χ2v) is 15.0. The van der Waals surface area contributed by atoms with E-state index in [1.165, 1.54) is 22.3 Å². The highest BCUT2D eigenvalue weighted by atomic mass is 127. The summed E-state index contributed by atoms with van der Waals surface area (Å²) in [5.41, 5.74) is 7.36. The van der Waals surface area contributed by atoms with E-state index >= 15 is 4.57 Å². The molecule has 2 aliphatic heterocycles. The van der Waals surface area contributed by atoms with E-state index in [1.54, 1.807) is 0 Å². The lowest BCUT2D eigenvalue weighted by molar-refractivity contribution is -0.604. The predicted molar refractivity (Wildman–Crippen MR) is 195 cm³/mol. The van der Waals surface area contributed by atoms with Gasteiger partial charge in [0.05, 0.1) is 5.31 Å². The molecule has 3 nitrogen and oxygen atoms in total. The molecule has 1 atom stereocenters. The van der Waals surface area contributed by atoms with Gasteiger partial charge in [0.25, 0.3) is 0 Å². The van der Waals surface area contributed by atoms with Crippen molar-refractivity contribution in [2.75, 3.05) is 13.1 Å². The van der Waals surface area contributed by atoms with Crippen LogP contribution in [0.5, 0.6) is 0 Å². The SMILES string of the molecule is O=P1(c2ccc3ccccc3c2)C(=C[NH2+]Cc2ccccc2)C(=CI)c2ccc(C3=CC=[N+](CC4=CC=CCC4)CC3)cc21. The lowest BCUT2D eigenvalue weighted by Gasteiger charge is -2.18. The third-order valence-corrected chi connectivity index (χ3v) is 12.7. The third kappa shape index (κ3) is 5.67. The molecule has 1 aliphatic carbocycles. The van der Waals surface area contributed by atoms with Crippen LogP contribution in [0.25, 0.3) is 21.9 Å². The molecule has 4 aromatic carbocycles. The number of hydrogen-bond acceptors (Lipinski definition) is 1. The van der Waals surface area contributed by atoms with Crippen molar-refractivity contribution in [3.63, 3.8) is 0 Å². The van der Waals surface area contributed by atoms with Gasteiger partial charge < -0.3 is 9.88 Å². The number of quaternary nitrogens is 1. The largest absolute Gasteiger partial charge is 0.316 e. The molecule has 5 heteroatoms. The fourth-order valence-electron chi connectivity index (χ4n) is 6.57. The summed E-state index contributed by atoms with van der Waals surface area (Å²) < 4.78 is 20.3. The lowest BCUT2D eigenvalue weighted by Crippen LogP contribution is -2.76. The zero-order chi connectivity index (χ0) is 29.9. The molecular weight excluding hydrogens is 670 g/mol.